The maximum atomic E-state index is 12.1. The molecule has 0 aromatic rings. The summed E-state index contributed by atoms with van der Waals surface area (Å²) in [6, 6.07) is 0. The second-order valence-corrected chi connectivity index (χ2v) is 6.22. The van der Waals surface area contributed by atoms with Gasteiger partial charge in [0.05, 0.1) is 19.7 Å². The van der Waals surface area contributed by atoms with E-state index >= 15 is 0 Å². The topological polar surface area (TPSA) is 96.3 Å². The molecule has 1 saturated heterocycles. The Hall–Kier alpha value is -1.60. The minimum Gasteiger partial charge on any atom is -0.479 e. The van der Waals surface area contributed by atoms with Crippen LogP contribution in [-0.4, -0.2) is 64.2 Å². The molecular weight excluding hydrogens is 278 g/mol. The third-order valence-electron chi connectivity index (χ3n) is 2.88. The van der Waals surface area contributed by atoms with E-state index in [0.29, 0.717) is 0 Å². The van der Waals surface area contributed by atoms with Crippen LogP contribution in [0, 0.1) is 0 Å². The number of carbonyl (C=O) groups is 2. The van der Waals surface area contributed by atoms with Gasteiger partial charge in [-0.25, -0.2) is 9.59 Å². The molecular formula is C14H23NO6. The molecule has 0 bridgehead atoms. The molecule has 0 spiro atoms. The van der Waals surface area contributed by atoms with Crippen LogP contribution in [0.4, 0.5) is 4.79 Å². The van der Waals surface area contributed by atoms with Crippen molar-refractivity contribution in [2.24, 2.45) is 0 Å². The van der Waals surface area contributed by atoms with Gasteiger partial charge >= 0.3 is 12.1 Å². The first-order valence-electron chi connectivity index (χ1n) is 6.72. The normalized spacial score (nSPS) is 26.9. The molecule has 1 amide bonds. The number of amides is 1. The molecule has 0 aliphatic carbocycles. The van der Waals surface area contributed by atoms with E-state index in [1.165, 1.54) is 11.0 Å². The first-order valence-corrected chi connectivity index (χ1v) is 6.72. The van der Waals surface area contributed by atoms with Crippen LogP contribution in [0.25, 0.3) is 0 Å². The number of hydrogen-bond acceptors (Lipinski definition) is 5. The minimum absolute atomic E-state index is 0.0717. The number of β-amino-alcohol motifs (C(OH)–C–C–N with tert-alkyl or cyclic N) is 1. The largest absolute Gasteiger partial charge is 0.479 e. The van der Waals surface area contributed by atoms with Gasteiger partial charge < -0.3 is 24.6 Å². The van der Waals surface area contributed by atoms with E-state index < -0.39 is 29.4 Å². The highest BCUT2D eigenvalue weighted by atomic mass is 16.6. The highest BCUT2D eigenvalue weighted by Gasteiger charge is 2.39. The molecule has 0 aromatic heterocycles. The van der Waals surface area contributed by atoms with Gasteiger partial charge in [0, 0.05) is 0 Å². The first kappa shape index (κ1) is 17.5. The molecule has 1 fully saturated rings. The number of nitrogens with zero attached hydrogens (tertiary/aromatic N) is 1. The Kier molecular flexibility index (Phi) is 5.36. The Morgan fingerprint density at radius 1 is 1.52 bits per heavy atom. The van der Waals surface area contributed by atoms with Crippen LogP contribution in [0.1, 0.15) is 27.2 Å². The summed E-state index contributed by atoms with van der Waals surface area (Å²) in [6.07, 6.45) is -0.200. The third-order valence-corrected chi connectivity index (χ3v) is 2.88. The molecule has 1 heterocycles. The van der Waals surface area contributed by atoms with Crippen LogP contribution in [0.15, 0.2) is 12.7 Å². The maximum Gasteiger partial charge on any atom is 0.410 e. The van der Waals surface area contributed by atoms with Gasteiger partial charge in [0.25, 0.3) is 0 Å². The summed E-state index contributed by atoms with van der Waals surface area (Å²) in [5, 5.41) is 19.5. The first-order chi connectivity index (χ1) is 9.56. The number of ether oxygens (including phenoxy) is 2. The van der Waals surface area contributed by atoms with E-state index in [1.54, 1.807) is 20.8 Å². The summed E-state index contributed by atoms with van der Waals surface area (Å²) < 4.78 is 10.4. The highest BCUT2D eigenvalue weighted by Crippen LogP contribution is 2.21. The van der Waals surface area contributed by atoms with Gasteiger partial charge in [0.15, 0.2) is 6.10 Å². The zero-order valence-corrected chi connectivity index (χ0v) is 12.7. The van der Waals surface area contributed by atoms with Gasteiger partial charge in [-0.15, -0.1) is 6.58 Å². The Morgan fingerprint density at radius 3 is 2.62 bits per heavy atom. The van der Waals surface area contributed by atoms with Crippen molar-refractivity contribution in [3.8, 4) is 0 Å². The van der Waals surface area contributed by atoms with Crippen molar-refractivity contribution >= 4 is 12.1 Å². The Morgan fingerprint density at radius 2 is 2.14 bits per heavy atom. The van der Waals surface area contributed by atoms with E-state index in [4.69, 9.17) is 14.6 Å². The van der Waals surface area contributed by atoms with E-state index in [1.807, 2.05) is 0 Å². The minimum atomic E-state index is -1.37. The number of carboxylic acids is 1. The molecule has 7 nitrogen and oxygen atoms in total. The number of carboxylic acid groups (broad SMARTS) is 1. The molecule has 120 valence electrons. The van der Waals surface area contributed by atoms with Crippen molar-refractivity contribution in [3.05, 3.63) is 12.7 Å². The lowest BCUT2D eigenvalue weighted by atomic mass is 10.0. The molecule has 7 heteroatoms. The van der Waals surface area contributed by atoms with Crippen molar-refractivity contribution in [1.29, 1.82) is 0 Å². The molecule has 2 atom stereocenters. The van der Waals surface area contributed by atoms with Crippen molar-refractivity contribution in [3.63, 3.8) is 0 Å². The smallest absolute Gasteiger partial charge is 0.410 e. The molecule has 1 rings (SSSR count). The molecule has 0 radical (unpaired) electrons. The molecule has 0 aromatic carbocycles. The highest BCUT2D eigenvalue weighted by molar-refractivity contribution is 5.75. The number of hydrogen-bond donors (Lipinski definition) is 2. The lowest BCUT2D eigenvalue weighted by molar-refractivity contribution is -0.152. The van der Waals surface area contributed by atoms with Gasteiger partial charge in [-0.2, -0.15) is 0 Å². The average molecular weight is 301 g/mol. The predicted molar refractivity (Wildman–Crippen MR) is 74.9 cm³/mol. The van der Waals surface area contributed by atoms with Crippen LogP contribution in [0.3, 0.4) is 0 Å². The molecule has 0 unspecified atom stereocenters. The van der Waals surface area contributed by atoms with E-state index in [9.17, 15) is 14.7 Å². The standard InChI is InChI=1S/C14H23NO6/c1-5-6-14(19)8-15(12(18)21-13(2,3)4)7-10(11(16)17)20-9-14/h5,10,19H,1,6-9H2,2-4H3,(H,16,17)/t10-,14+/m0/s1. The summed E-state index contributed by atoms with van der Waals surface area (Å²) in [6.45, 7) is 8.25. The molecule has 0 saturated carbocycles. The quantitative estimate of drug-likeness (QED) is 0.755. The second-order valence-electron chi connectivity index (χ2n) is 6.22. The van der Waals surface area contributed by atoms with Crippen LogP contribution >= 0.6 is 0 Å². The van der Waals surface area contributed by atoms with E-state index in [-0.39, 0.29) is 26.1 Å². The fraction of sp³-hybridized carbons (Fsp3) is 0.714. The third kappa shape index (κ3) is 5.35. The molecule has 21 heavy (non-hydrogen) atoms. The SMILES string of the molecule is C=CC[C@]1(O)CO[C@H](C(=O)O)CN(C(=O)OC(C)(C)C)C1. The summed E-state index contributed by atoms with van der Waals surface area (Å²) in [5.41, 5.74) is -2.08. The lowest BCUT2D eigenvalue weighted by Crippen LogP contribution is -2.48. The van der Waals surface area contributed by atoms with Crippen LogP contribution in [0.2, 0.25) is 0 Å². The van der Waals surface area contributed by atoms with Gasteiger partial charge in [0.2, 0.25) is 0 Å². The summed E-state index contributed by atoms with van der Waals surface area (Å²) in [5.74, 6) is -1.19. The molecule has 1 aliphatic rings. The number of aliphatic carboxylic acids is 1. The Labute approximate surface area is 124 Å². The van der Waals surface area contributed by atoms with E-state index in [0.717, 1.165) is 0 Å². The maximum absolute atomic E-state index is 12.1. The zero-order chi connectivity index (χ0) is 16.3. The summed E-state index contributed by atoms with van der Waals surface area (Å²) in [7, 11) is 0. The van der Waals surface area contributed by atoms with Crippen LogP contribution in [0.5, 0.6) is 0 Å². The second kappa shape index (κ2) is 6.44. The molecule has 2 N–H and O–H groups in total. The zero-order valence-electron chi connectivity index (χ0n) is 12.7. The van der Waals surface area contributed by atoms with Crippen LogP contribution in [-0.2, 0) is 14.3 Å². The number of rotatable bonds is 3. The Bertz CT molecular complexity index is 416. The fourth-order valence-corrected chi connectivity index (χ4v) is 1.98. The fourth-order valence-electron chi connectivity index (χ4n) is 1.98. The van der Waals surface area contributed by atoms with E-state index in [2.05, 4.69) is 6.58 Å². The lowest BCUT2D eigenvalue weighted by Gasteiger charge is -2.31. The van der Waals surface area contributed by atoms with Gasteiger partial charge in [0.1, 0.15) is 11.2 Å². The monoisotopic (exact) mass is 301 g/mol. The van der Waals surface area contributed by atoms with Crippen molar-refractivity contribution in [2.45, 2.75) is 44.5 Å². The van der Waals surface area contributed by atoms with Gasteiger partial charge in [-0.3, -0.25) is 0 Å². The summed E-state index contributed by atoms with van der Waals surface area (Å²) in [4.78, 5) is 24.4. The van der Waals surface area contributed by atoms with Gasteiger partial charge in [-0.05, 0) is 27.2 Å². The molecule has 1 aliphatic heterocycles. The predicted octanol–water partition coefficient (Wildman–Crippen LogP) is 1.01. The van der Waals surface area contributed by atoms with Gasteiger partial charge in [-0.1, -0.05) is 6.08 Å². The number of aliphatic hydroxyl groups is 1. The average Bonchev–Trinajstić information content (AvgIpc) is 2.47. The van der Waals surface area contributed by atoms with Crippen molar-refractivity contribution in [2.75, 3.05) is 19.7 Å². The van der Waals surface area contributed by atoms with Crippen molar-refractivity contribution < 1.29 is 29.3 Å². The Balaban J connectivity index is 2.93. The number of carbonyl (C=O) groups excluding carboxylic acids is 1. The summed E-state index contributed by atoms with van der Waals surface area (Å²) >= 11 is 0. The van der Waals surface area contributed by atoms with Crippen molar-refractivity contribution in [1.82, 2.24) is 4.90 Å². The van der Waals surface area contributed by atoms with Crippen LogP contribution < -0.4 is 0 Å².